The summed E-state index contributed by atoms with van der Waals surface area (Å²) < 4.78 is 5.23. The Kier molecular flexibility index (Phi) is 4.55. The van der Waals surface area contributed by atoms with Crippen molar-refractivity contribution in [1.82, 2.24) is 10.1 Å². The number of hydrogen-bond donors (Lipinski definition) is 2. The van der Waals surface area contributed by atoms with Gasteiger partial charge in [-0.05, 0) is 25.2 Å². The van der Waals surface area contributed by atoms with Crippen molar-refractivity contribution < 1.29 is 14.4 Å². The molecule has 6 heteroatoms. The van der Waals surface area contributed by atoms with Gasteiger partial charge in [0.2, 0.25) is 0 Å². The maximum absolute atomic E-state index is 11.5. The first-order valence-electron chi connectivity index (χ1n) is 8.31. The van der Waals surface area contributed by atoms with E-state index < -0.39 is 6.09 Å². The Bertz CT molecular complexity index is 558. The van der Waals surface area contributed by atoms with Crippen LogP contribution in [0.2, 0.25) is 0 Å². The lowest BCUT2D eigenvalue weighted by Crippen LogP contribution is -2.46. The van der Waals surface area contributed by atoms with Crippen molar-refractivity contribution in [2.24, 2.45) is 5.92 Å². The van der Waals surface area contributed by atoms with Gasteiger partial charge in [0.15, 0.2) is 0 Å². The van der Waals surface area contributed by atoms with E-state index in [2.05, 4.69) is 5.16 Å². The zero-order chi connectivity index (χ0) is 15.5. The molecule has 1 aliphatic carbocycles. The number of rotatable bonds is 3. The molecule has 2 aliphatic rings. The fourth-order valence-corrected chi connectivity index (χ4v) is 4.09. The Morgan fingerprint density at radius 2 is 2.09 bits per heavy atom. The van der Waals surface area contributed by atoms with Crippen molar-refractivity contribution in [2.45, 2.75) is 63.3 Å². The molecule has 1 aromatic heterocycles. The molecule has 0 bridgehead atoms. The van der Waals surface area contributed by atoms with Crippen molar-refractivity contribution in [3.8, 4) is 0 Å². The van der Waals surface area contributed by atoms with Gasteiger partial charge in [-0.3, -0.25) is 4.79 Å². The van der Waals surface area contributed by atoms with E-state index in [9.17, 15) is 14.7 Å². The molecular weight excluding hydrogens is 284 g/mol. The van der Waals surface area contributed by atoms with Crippen molar-refractivity contribution in [3.63, 3.8) is 0 Å². The van der Waals surface area contributed by atoms with Gasteiger partial charge in [-0.2, -0.15) is 5.16 Å². The number of nitrogens with one attached hydrogen (secondary N) is 1. The number of amides is 1. The Balaban J connectivity index is 1.69. The van der Waals surface area contributed by atoms with Crippen LogP contribution < -0.4 is 5.56 Å². The summed E-state index contributed by atoms with van der Waals surface area (Å²) >= 11 is 0. The standard InChI is InChI=1S/C16H24N2O4/c19-15-10-14(22-17-15)12-6-7-18(16(20)21)13(9-12)8-11-4-2-1-3-5-11/h10-13H,1-9H2,(H,17,19)(H,20,21)/t12-,13-/m1/s1. The lowest BCUT2D eigenvalue weighted by atomic mass is 9.80. The third-order valence-electron chi connectivity index (χ3n) is 5.24. The molecule has 2 N–H and O–H groups in total. The van der Waals surface area contributed by atoms with Gasteiger partial charge in [-0.25, -0.2) is 4.79 Å². The van der Waals surface area contributed by atoms with Gasteiger partial charge in [0.05, 0.1) is 0 Å². The first-order valence-corrected chi connectivity index (χ1v) is 8.31. The maximum atomic E-state index is 11.5. The number of H-pyrrole nitrogens is 1. The molecule has 0 unspecified atom stereocenters. The summed E-state index contributed by atoms with van der Waals surface area (Å²) in [5, 5.41) is 11.8. The largest absolute Gasteiger partial charge is 0.465 e. The molecule has 3 rings (SSSR count). The van der Waals surface area contributed by atoms with E-state index in [4.69, 9.17) is 4.52 Å². The Labute approximate surface area is 129 Å². The predicted octanol–water partition coefficient (Wildman–Crippen LogP) is 3.16. The zero-order valence-corrected chi connectivity index (χ0v) is 12.8. The SMILES string of the molecule is O=C(O)N1CC[C@@H](c2cc(=O)[nH]o2)C[C@H]1CC1CCCCC1. The first-order chi connectivity index (χ1) is 10.6. The highest BCUT2D eigenvalue weighted by Gasteiger charge is 2.35. The lowest BCUT2D eigenvalue weighted by molar-refractivity contribution is 0.0831. The Hall–Kier alpha value is -1.72. The molecule has 2 atom stereocenters. The van der Waals surface area contributed by atoms with E-state index in [0.717, 1.165) is 12.8 Å². The molecular formula is C16H24N2O4. The van der Waals surface area contributed by atoms with E-state index in [-0.39, 0.29) is 17.5 Å². The summed E-state index contributed by atoms with van der Waals surface area (Å²) in [4.78, 5) is 24.3. The molecule has 0 radical (unpaired) electrons. The van der Waals surface area contributed by atoms with Crippen molar-refractivity contribution in [3.05, 3.63) is 22.2 Å². The molecule has 22 heavy (non-hydrogen) atoms. The van der Waals surface area contributed by atoms with Gasteiger partial charge >= 0.3 is 6.09 Å². The molecule has 6 nitrogen and oxygen atoms in total. The van der Waals surface area contributed by atoms with Gasteiger partial charge in [0, 0.05) is 24.6 Å². The number of likely N-dealkylation sites (tertiary alicyclic amines) is 1. The summed E-state index contributed by atoms with van der Waals surface area (Å²) in [6.45, 7) is 0.520. The Morgan fingerprint density at radius 3 is 2.73 bits per heavy atom. The zero-order valence-electron chi connectivity index (χ0n) is 12.8. The molecule has 0 aromatic carbocycles. The summed E-state index contributed by atoms with van der Waals surface area (Å²) in [6, 6.07) is 1.54. The van der Waals surface area contributed by atoms with E-state index in [0.29, 0.717) is 24.6 Å². The van der Waals surface area contributed by atoms with Gasteiger partial charge in [-0.15, -0.1) is 0 Å². The van der Waals surface area contributed by atoms with Crippen LogP contribution in [0, 0.1) is 5.92 Å². The fraction of sp³-hybridized carbons (Fsp3) is 0.750. The number of aromatic amines is 1. The van der Waals surface area contributed by atoms with Crippen LogP contribution in [-0.2, 0) is 0 Å². The molecule has 1 saturated carbocycles. The fourth-order valence-electron chi connectivity index (χ4n) is 4.09. The van der Waals surface area contributed by atoms with Gasteiger partial charge < -0.3 is 14.5 Å². The summed E-state index contributed by atoms with van der Waals surface area (Å²) in [5.41, 5.74) is -0.223. The van der Waals surface area contributed by atoms with E-state index in [1.807, 2.05) is 0 Å². The number of carbonyl (C=O) groups is 1. The second-order valence-electron chi connectivity index (χ2n) is 6.71. The average Bonchev–Trinajstić information content (AvgIpc) is 2.94. The topological polar surface area (TPSA) is 86.5 Å². The van der Waals surface area contributed by atoms with E-state index in [1.165, 1.54) is 38.2 Å². The minimum Gasteiger partial charge on any atom is -0.465 e. The molecule has 1 amide bonds. The molecule has 0 spiro atoms. The third kappa shape index (κ3) is 3.36. The van der Waals surface area contributed by atoms with Crippen LogP contribution in [-0.4, -0.2) is 33.8 Å². The van der Waals surface area contributed by atoms with Crippen LogP contribution in [0.5, 0.6) is 0 Å². The van der Waals surface area contributed by atoms with Crippen LogP contribution in [0.1, 0.15) is 63.0 Å². The third-order valence-corrected chi connectivity index (χ3v) is 5.24. The van der Waals surface area contributed by atoms with Gasteiger partial charge in [0.25, 0.3) is 5.56 Å². The van der Waals surface area contributed by atoms with Crippen LogP contribution in [0.3, 0.4) is 0 Å². The second-order valence-corrected chi connectivity index (χ2v) is 6.71. The molecule has 1 saturated heterocycles. The van der Waals surface area contributed by atoms with Gasteiger partial charge in [-0.1, -0.05) is 32.1 Å². The highest BCUT2D eigenvalue weighted by molar-refractivity contribution is 5.65. The first kappa shape index (κ1) is 15.2. The van der Waals surface area contributed by atoms with Crippen LogP contribution in [0.4, 0.5) is 4.79 Å². The smallest absolute Gasteiger partial charge is 0.407 e. The van der Waals surface area contributed by atoms with Gasteiger partial charge in [0.1, 0.15) is 5.76 Å². The molecule has 2 heterocycles. The molecule has 2 fully saturated rings. The normalized spacial score (nSPS) is 27.0. The average molecular weight is 308 g/mol. The van der Waals surface area contributed by atoms with Crippen LogP contribution in [0.25, 0.3) is 0 Å². The number of piperidine rings is 1. The lowest BCUT2D eigenvalue weighted by Gasteiger charge is -2.39. The van der Waals surface area contributed by atoms with Crippen LogP contribution >= 0.6 is 0 Å². The van der Waals surface area contributed by atoms with E-state index >= 15 is 0 Å². The van der Waals surface area contributed by atoms with Crippen molar-refractivity contribution >= 4 is 6.09 Å². The highest BCUT2D eigenvalue weighted by Crippen LogP contribution is 2.36. The molecule has 1 aromatic rings. The number of aromatic nitrogens is 1. The molecule has 122 valence electrons. The van der Waals surface area contributed by atoms with Crippen molar-refractivity contribution in [2.75, 3.05) is 6.54 Å². The summed E-state index contributed by atoms with van der Waals surface area (Å²) in [5.74, 6) is 1.45. The number of nitrogens with zero attached hydrogens (tertiary/aromatic N) is 1. The summed E-state index contributed by atoms with van der Waals surface area (Å²) in [7, 11) is 0. The molecule has 1 aliphatic heterocycles. The minimum atomic E-state index is -0.824. The van der Waals surface area contributed by atoms with Crippen LogP contribution in [0.15, 0.2) is 15.4 Å². The van der Waals surface area contributed by atoms with Crippen molar-refractivity contribution in [1.29, 1.82) is 0 Å². The summed E-state index contributed by atoms with van der Waals surface area (Å²) in [6.07, 6.45) is 7.86. The maximum Gasteiger partial charge on any atom is 0.407 e. The highest BCUT2D eigenvalue weighted by atomic mass is 16.5. The monoisotopic (exact) mass is 308 g/mol. The minimum absolute atomic E-state index is 0.0413. The predicted molar refractivity (Wildman–Crippen MR) is 81.0 cm³/mol. The quantitative estimate of drug-likeness (QED) is 0.898. The van der Waals surface area contributed by atoms with E-state index in [1.54, 1.807) is 4.90 Å². The number of carboxylic acid groups (broad SMARTS) is 1. The second kappa shape index (κ2) is 6.58. The Morgan fingerprint density at radius 1 is 1.32 bits per heavy atom. The number of hydrogen-bond acceptors (Lipinski definition) is 3.